The van der Waals surface area contributed by atoms with Crippen molar-refractivity contribution in [1.29, 1.82) is 0 Å². The van der Waals surface area contributed by atoms with Crippen LogP contribution < -0.4 is 5.14 Å². The van der Waals surface area contributed by atoms with Gasteiger partial charge in [-0.25, -0.2) is 17.9 Å². The lowest BCUT2D eigenvalue weighted by Crippen LogP contribution is -2.11. The number of aryl methyl sites for hydroxylation is 1. The zero-order valence-corrected chi connectivity index (χ0v) is 10.5. The summed E-state index contributed by atoms with van der Waals surface area (Å²) in [6, 6.07) is 10.9. The molecule has 3 nitrogen and oxygen atoms in total. The van der Waals surface area contributed by atoms with Gasteiger partial charge in [0.2, 0.25) is 10.0 Å². The van der Waals surface area contributed by atoms with E-state index in [9.17, 15) is 12.8 Å². The molecular weight excluding hydrogens is 253 g/mol. The topological polar surface area (TPSA) is 60.2 Å². The van der Waals surface area contributed by atoms with Gasteiger partial charge in [-0.2, -0.15) is 0 Å². The fraction of sp³-hybridized carbons (Fsp3) is 0.0769. The quantitative estimate of drug-likeness (QED) is 0.906. The van der Waals surface area contributed by atoms with Gasteiger partial charge in [0.15, 0.2) is 0 Å². The average Bonchev–Trinajstić information content (AvgIpc) is 2.32. The predicted octanol–water partition coefficient (Wildman–Crippen LogP) is 2.45. The number of nitrogens with two attached hydrogens (primary N) is 1. The van der Waals surface area contributed by atoms with E-state index >= 15 is 0 Å². The Bertz CT molecular complexity index is 679. The minimum absolute atomic E-state index is 0.0406. The maximum Gasteiger partial charge on any atom is 0.238 e. The Hall–Kier alpha value is -1.72. The van der Waals surface area contributed by atoms with Gasteiger partial charge in [0, 0.05) is 0 Å². The molecule has 18 heavy (non-hydrogen) atoms. The largest absolute Gasteiger partial charge is 0.238 e. The highest BCUT2D eigenvalue weighted by Crippen LogP contribution is 2.22. The SMILES string of the molecule is Cc1ccc(-c2ccc(S(N)(=O)=O)cc2)cc1F. The summed E-state index contributed by atoms with van der Waals surface area (Å²) in [5.41, 5.74) is 2.00. The second kappa shape index (κ2) is 4.51. The van der Waals surface area contributed by atoms with Crippen LogP contribution in [0.3, 0.4) is 0 Å². The van der Waals surface area contributed by atoms with Crippen LogP contribution in [0, 0.1) is 12.7 Å². The molecule has 0 aromatic heterocycles. The van der Waals surface area contributed by atoms with Crippen molar-refractivity contribution >= 4 is 10.0 Å². The van der Waals surface area contributed by atoms with Crippen molar-refractivity contribution in [2.24, 2.45) is 5.14 Å². The molecule has 0 aliphatic carbocycles. The van der Waals surface area contributed by atoms with E-state index in [0.29, 0.717) is 11.1 Å². The standard InChI is InChI=1S/C13H12FNO2S/c1-9-2-3-11(8-13(9)14)10-4-6-12(7-5-10)18(15,16)17/h2-8H,1H3,(H2,15,16,17). The van der Waals surface area contributed by atoms with Crippen molar-refractivity contribution in [2.45, 2.75) is 11.8 Å². The van der Waals surface area contributed by atoms with Gasteiger partial charge in [-0.15, -0.1) is 0 Å². The molecule has 0 heterocycles. The number of hydrogen-bond donors (Lipinski definition) is 1. The molecule has 0 unspecified atom stereocenters. The Morgan fingerprint density at radius 3 is 2.06 bits per heavy atom. The maximum absolute atomic E-state index is 13.4. The Labute approximate surface area is 105 Å². The van der Waals surface area contributed by atoms with Crippen LogP contribution in [0.2, 0.25) is 0 Å². The lowest BCUT2D eigenvalue weighted by molar-refractivity contribution is 0.598. The van der Waals surface area contributed by atoms with E-state index in [1.165, 1.54) is 18.2 Å². The summed E-state index contributed by atoms with van der Waals surface area (Å²) in [6.45, 7) is 1.68. The molecule has 2 rings (SSSR count). The average molecular weight is 265 g/mol. The van der Waals surface area contributed by atoms with Crippen LogP contribution >= 0.6 is 0 Å². The first kappa shape index (κ1) is 12.7. The van der Waals surface area contributed by atoms with Crippen molar-refractivity contribution in [3.8, 4) is 11.1 Å². The molecule has 0 saturated carbocycles. The van der Waals surface area contributed by atoms with Gasteiger partial charge in [-0.05, 0) is 41.8 Å². The van der Waals surface area contributed by atoms with Gasteiger partial charge in [-0.1, -0.05) is 24.3 Å². The minimum Gasteiger partial charge on any atom is -0.225 e. The van der Waals surface area contributed by atoms with Gasteiger partial charge in [0.05, 0.1) is 4.90 Å². The molecule has 94 valence electrons. The molecular formula is C13H12FNO2S. The monoisotopic (exact) mass is 265 g/mol. The van der Waals surface area contributed by atoms with Crippen LogP contribution in [0.5, 0.6) is 0 Å². The zero-order valence-electron chi connectivity index (χ0n) is 9.72. The van der Waals surface area contributed by atoms with Crippen molar-refractivity contribution in [3.05, 3.63) is 53.8 Å². The number of benzene rings is 2. The first-order chi connectivity index (χ1) is 8.38. The summed E-state index contributed by atoms with van der Waals surface area (Å²) in [7, 11) is -3.69. The van der Waals surface area contributed by atoms with Crippen molar-refractivity contribution in [3.63, 3.8) is 0 Å². The lowest BCUT2D eigenvalue weighted by atomic mass is 10.0. The number of sulfonamides is 1. The van der Waals surface area contributed by atoms with E-state index in [2.05, 4.69) is 0 Å². The third-order valence-corrected chi connectivity index (χ3v) is 3.62. The normalized spacial score (nSPS) is 11.5. The molecule has 0 atom stereocenters. The van der Waals surface area contributed by atoms with E-state index in [0.717, 1.165) is 5.56 Å². The molecule has 0 saturated heterocycles. The highest BCUT2D eigenvalue weighted by molar-refractivity contribution is 7.89. The molecule has 5 heteroatoms. The van der Waals surface area contributed by atoms with Gasteiger partial charge >= 0.3 is 0 Å². The van der Waals surface area contributed by atoms with Crippen LogP contribution in [0.15, 0.2) is 47.4 Å². The number of rotatable bonds is 2. The summed E-state index contributed by atoms with van der Waals surface area (Å²) in [5, 5.41) is 5.00. The molecule has 0 amide bonds. The third-order valence-electron chi connectivity index (χ3n) is 2.69. The van der Waals surface area contributed by atoms with Gasteiger partial charge in [0.1, 0.15) is 5.82 Å². The van der Waals surface area contributed by atoms with E-state index in [1.807, 2.05) is 0 Å². The number of halogens is 1. The fourth-order valence-corrected chi connectivity index (χ4v) is 2.12. The summed E-state index contributed by atoms with van der Waals surface area (Å²) in [4.78, 5) is 0.0406. The second-order valence-electron chi connectivity index (χ2n) is 4.03. The minimum atomic E-state index is -3.69. The van der Waals surface area contributed by atoms with Crippen molar-refractivity contribution in [2.75, 3.05) is 0 Å². The Morgan fingerprint density at radius 2 is 1.56 bits per heavy atom. The van der Waals surface area contributed by atoms with Crippen molar-refractivity contribution < 1.29 is 12.8 Å². The lowest BCUT2D eigenvalue weighted by Gasteiger charge is -2.04. The Kier molecular flexibility index (Phi) is 3.19. The van der Waals surface area contributed by atoms with E-state index < -0.39 is 10.0 Å². The predicted molar refractivity (Wildman–Crippen MR) is 67.9 cm³/mol. The van der Waals surface area contributed by atoms with Gasteiger partial charge in [-0.3, -0.25) is 0 Å². The summed E-state index contributed by atoms with van der Waals surface area (Å²) >= 11 is 0. The molecule has 0 spiro atoms. The van der Waals surface area contributed by atoms with Crippen LogP contribution in [0.1, 0.15) is 5.56 Å². The van der Waals surface area contributed by atoms with Gasteiger partial charge < -0.3 is 0 Å². The Balaban J connectivity index is 2.43. The van der Waals surface area contributed by atoms with Crippen LogP contribution in [0.4, 0.5) is 4.39 Å². The number of primary sulfonamides is 1. The molecule has 0 bridgehead atoms. The molecule has 2 aromatic carbocycles. The van der Waals surface area contributed by atoms with E-state index in [1.54, 1.807) is 31.2 Å². The highest BCUT2D eigenvalue weighted by Gasteiger charge is 2.08. The summed E-state index contributed by atoms with van der Waals surface area (Å²) in [6.07, 6.45) is 0. The first-order valence-corrected chi connectivity index (χ1v) is 6.82. The second-order valence-corrected chi connectivity index (χ2v) is 5.59. The molecule has 0 fully saturated rings. The zero-order chi connectivity index (χ0) is 13.3. The molecule has 0 aliphatic heterocycles. The van der Waals surface area contributed by atoms with E-state index in [-0.39, 0.29) is 10.7 Å². The summed E-state index contributed by atoms with van der Waals surface area (Å²) in [5.74, 6) is -0.289. The first-order valence-electron chi connectivity index (χ1n) is 5.27. The smallest absolute Gasteiger partial charge is 0.225 e. The molecule has 0 radical (unpaired) electrons. The number of hydrogen-bond acceptors (Lipinski definition) is 2. The van der Waals surface area contributed by atoms with E-state index in [4.69, 9.17) is 5.14 Å². The maximum atomic E-state index is 13.4. The molecule has 2 N–H and O–H groups in total. The van der Waals surface area contributed by atoms with Crippen LogP contribution in [-0.4, -0.2) is 8.42 Å². The third kappa shape index (κ3) is 2.57. The van der Waals surface area contributed by atoms with Crippen LogP contribution in [-0.2, 0) is 10.0 Å². The van der Waals surface area contributed by atoms with Gasteiger partial charge in [0.25, 0.3) is 0 Å². The Morgan fingerprint density at radius 1 is 1.00 bits per heavy atom. The fourth-order valence-electron chi connectivity index (χ4n) is 1.61. The highest BCUT2D eigenvalue weighted by atomic mass is 32.2. The summed E-state index contributed by atoms with van der Waals surface area (Å²) < 4.78 is 35.6. The molecule has 0 aliphatic rings. The molecule has 2 aromatic rings. The van der Waals surface area contributed by atoms with Crippen LogP contribution in [0.25, 0.3) is 11.1 Å². The van der Waals surface area contributed by atoms with Crippen molar-refractivity contribution in [1.82, 2.24) is 0 Å².